The maximum Gasteiger partial charge on any atom is 0.344 e. The monoisotopic (exact) mass is 396 g/mol. The molecule has 0 spiro atoms. The second-order valence-electron chi connectivity index (χ2n) is 6.40. The maximum absolute atomic E-state index is 11.9. The number of esters is 3. The van der Waals surface area contributed by atoms with Crippen molar-refractivity contribution in [3.05, 3.63) is 35.4 Å². The molecule has 0 saturated heterocycles. The molecule has 8 nitrogen and oxygen atoms in total. The van der Waals surface area contributed by atoms with Gasteiger partial charge in [-0.15, -0.1) is 0 Å². The fourth-order valence-electron chi connectivity index (χ4n) is 2.30. The smallest absolute Gasteiger partial charge is 0.344 e. The Morgan fingerprint density at radius 1 is 0.964 bits per heavy atom. The third-order valence-electron chi connectivity index (χ3n) is 4.44. The van der Waals surface area contributed by atoms with Crippen LogP contribution in [0.1, 0.15) is 42.1 Å². The molecule has 0 unspecified atom stereocenters. The fourth-order valence-corrected chi connectivity index (χ4v) is 2.30. The van der Waals surface area contributed by atoms with Crippen LogP contribution in [-0.4, -0.2) is 61.2 Å². The average Bonchev–Trinajstić information content (AvgIpc) is 2.70. The van der Waals surface area contributed by atoms with E-state index in [0.29, 0.717) is 18.4 Å². The topological polar surface area (TPSA) is 119 Å². The normalized spacial score (nSPS) is 11.0. The molecular weight excluding hydrogens is 368 g/mol. The molecule has 0 atom stereocenters. The molecular formula is C20H28O8. The van der Waals surface area contributed by atoms with Crippen LogP contribution >= 0.6 is 0 Å². The van der Waals surface area contributed by atoms with Crippen molar-refractivity contribution in [2.24, 2.45) is 5.41 Å². The van der Waals surface area contributed by atoms with Gasteiger partial charge in [-0.25, -0.2) is 9.59 Å². The highest BCUT2D eigenvalue weighted by Crippen LogP contribution is 2.22. The summed E-state index contributed by atoms with van der Waals surface area (Å²) in [5.74, 6) is -1.90. The molecule has 8 heteroatoms. The molecule has 28 heavy (non-hydrogen) atoms. The number of ether oxygens (including phenoxy) is 3. The van der Waals surface area contributed by atoms with E-state index >= 15 is 0 Å². The van der Waals surface area contributed by atoms with Crippen LogP contribution in [0.15, 0.2) is 24.3 Å². The molecule has 0 aliphatic carbocycles. The molecule has 2 N–H and O–H groups in total. The van der Waals surface area contributed by atoms with Crippen molar-refractivity contribution in [1.29, 1.82) is 0 Å². The van der Waals surface area contributed by atoms with Gasteiger partial charge in [-0.3, -0.25) is 4.79 Å². The lowest BCUT2D eigenvalue weighted by Gasteiger charge is -2.25. The van der Waals surface area contributed by atoms with Gasteiger partial charge in [0.1, 0.15) is 5.41 Å². The molecule has 0 aliphatic rings. The number of carbonyl (C=O) groups excluding carboxylic acids is 3. The van der Waals surface area contributed by atoms with Crippen LogP contribution in [0, 0.1) is 12.3 Å². The van der Waals surface area contributed by atoms with Crippen molar-refractivity contribution in [2.45, 2.75) is 33.1 Å². The Kier molecular flexibility index (Phi) is 10.2. The van der Waals surface area contributed by atoms with Gasteiger partial charge in [0.15, 0.2) is 6.61 Å². The van der Waals surface area contributed by atoms with Crippen molar-refractivity contribution in [3.8, 4) is 0 Å². The quantitative estimate of drug-likeness (QED) is 0.309. The van der Waals surface area contributed by atoms with Gasteiger partial charge in [0.25, 0.3) is 0 Å². The summed E-state index contributed by atoms with van der Waals surface area (Å²) < 4.78 is 14.9. The number of hydrogen-bond donors (Lipinski definition) is 2. The molecule has 1 rings (SSSR count). The Hall–Kier alpha value is -2.45. The highest BCUT2D eigenvalue weighted by molar-refractivity contribution is 5.92. The Bertz CT molecular complexity index is 643. The van der Waals surface area contributed by atoms with Gasteiger partial charge in [-0.1, -0.05) is 25.1 Å². The van der Waals surface area contributed by atoms with E-state index in [9.17, 15) is 24.6 Å². The van der Waals surface area contributed by atoms with Crippen molar-refractivity contribution < 1.29 is 38.8 Å². The zero-order valence-electron chi connectivity index (χ0n) is 16.3. The van der Waals surface area contributed by atoms with E-state index in [4.69, 9.17) is 14.2 Å². The first-order valence-corrected chi connectivity index (χ1v) is 9.17. The third kappa shape index (κ3) is 6.94. The first-order valence-electron chi connectivity index (χ1n) is 9.17. The predicted molar refractivity (Wildman–Crippen MR) is 99.5 cm³/mol. The number of unbranched alkanes of at least 4 members (excludes halogenated alkanes) is 1. The van der Waals surface area contributed by atoms with Crippen LogP contribution in [0.3, 0.4) is 0 Å². The Labute approximate surface area is 164 Å². The lowest BCUT2D eigenvalue weighted by atomic mass is 9.87. The molecule has 1 aromatic rings. The largest absolute Gasteiger partial charge is 0.465 e. The van der Waals surface area contributed by atoms with E-state index in [1.165, 1.54) is 0 Å². The molecule has 156 valence electrons. The van der Waals surface area contributed by atoms with Crippen molar-refractivity contribution in [1.82, 2.24) is 0 Å². The van der Waals surface area contributed by atoms with Gasteiger partial charge >= 0.3 is 17.9 Å². The first-order chi connectivity index (χ1) is 13.4. The fraction of sp³-hybridized carbons (Fsp3) is 0.550. The molecule has 1 aromatic carbocycles. The number of aliphatic hydroxyl groups is 2. The van der Waals surface area contributed by atoms with Crippen molar-refractivity contribution in [3.63, 3.8) is 0 Å². The lowest BCUT2D eigenvalue weighted by molar-refractivity contribution is -0.162. The SMILES string of the molecule is CCC(CO)(CO)C(=O)OCCCCOC(=O)COC(=O)c1ccccc1C. The predicted octanol–water partition coefficient (Wildman–Crippen LogP) is 1.40. The van der Waals surface area contributed by atoms with Crippen molar-refractivity contribution >= 4 is 17.9 Å². The molecule has 0 saturated carbocycles. The number of hydrogen-bond acceptors (Lipinski definition) is 8. The van der Waals surface area contributed by atoms with Crippen LogP contribution in [0.2, 0.25) is 0 Å². The summed E-state index contributed by atoms with van der Waals surface area (Å²) in [6, 6.07) is 6.90. The van der Waals surface area contributed by atoms with Gasteiger partial charge in [-0.2, -0.15) is 0 Å². The van der Waals surface area contributed by atoms with Gasteiger partial charge in [0.05, 0.1) is 32.0 Å². The van der Waals surface area contributed by atoms with Gasteiger partial charge < -0.3 is 24.4 Å². The number of aryl methyl sites for hydroxylation is 1. The molecule has 0 aromatic heterocycles. The van der Waals surface area contributed by atoms with Gasteiger partial charge in [-0.05, 0) is 37.8 Å². The van der Waals surface area contributed by atoms with Gasteiger partial charge in [0.2, 0.25) is 0 Å². The molecule has 0 amide bonds. The van der Waals surface area contributed by atoms with Crippen LogP contribution in [0.25, 0.3) is 0 Å². The molecule has 0 radical (unpaired) electrons. The Morgan fingerprint density at radius 3 is 2.14 bits per heavy atom. The van der Waals surface area contributed by atoms with E-state index in [0.717, 1.165) is 5.56 Å². The minimum atomic E-state index is -1.28. The first kappa shape index (κ1) is 23.6. The zero-order valence-corrected chi connectivity index (χ0v) is 16.3. The number of aliphatic hydroxyl groups excluding tert-OH is 2. The van der Waals surface area contributed by atoms with Crippen LogP contribution < -0.4 is 0 Å². The van der Waals surface area contributed by atoms with Gasteiger partial charge in [0, 0.05) is 0 Å². The van der Waals surface area contributed by atoms with Crippen LogP contribution in [-0.2, 0) is 23.8 Å². The zero-order chi connectivity index (χ0) is 21.0. The highest BCUT2D eigenvalue weighted by atomic mass is 16.6. The van der Waals surface area contributed by atoms with E-state index in [1.54, 1.807) is 38.1 Å². The van der Waals surface area contributed by atoms with E-state index < -0.39 is 43.1 Å². The average molecular weight is 396 g/mol. The van der Waals surface area contributed by atoms with Crippen molar-refractivity contribution in [2.75, 3.05) is 33.0 Å². The molecule has 0 heterocycles. The Balaban J connectivity index is 2.19. The lowest BCUT2D eigenvalue weighted by Crippen LogP contribution is -2.39. The minimum Gasteiger partial charge on any atom is -0.465 e. The number of rotatable bonds is 12. The van der Waals surface area contributed by atoms with E-state index in [2.05, 4.69) is 0 Å². The summed E-state index contributed by atoms with van der Waals surface area (Å²) in [5.41, 5.74) is -0.135. The van der Waals surface area contributed by atoms with E-state index in [-0.39, 0.29) is 19.6 Å². The molecule has 0 aliphatic heterocycles. The second kappa shape index (κ2) is 12.1. The number of carbonyl (C=O) groups is 3. The summed E-state index contributed by atoms with van der Waals surface area (Å²) in [6.07, 6.45) is 1.15. The summed E-state index contributed by atoms with van der Waals surface area (Å²) in [7, 11) is 0. The standard InChI is InChI=1S/C20H28O8/c1-3-20(13-21,14-22)19(25)27-11-7-6-10-26-17(23)12-28-18(24)16-9-5-4-8-15(16)2/h4-5,8-9,21-22H,3,6-7,10-14H2,1-2H3. The second-order valence-corrected chi connectivity index (χ2v) is 6.40. The summed E-state index contributed by atoms with van der Waals surface area (Å²) in [4.78, 5) is 35.4. The minimum absolute atomic E-state index is 0.0837. The van der Waals surface area contributed by atoms with Crippen LogP contribution in [0.5, 0.6) is 0 Å². The highest BCUT2D eigenvalue weighted by Gasteiger charge is 2.37. The maximum atomic E-state index is 11.9. The summed E-state index contributed by atoms with van der Waals surface area (Å²) >= 11 is 0. The third-order valence-corrected chi connectivity index (χ3v) is 4.44. The molecule has 0 bridgehead atoms. The summed E-state index contributed by atoms with van der Waals surface area (Å²) in [6.45, 7) is 2.17. The Morgan fingerprint density at radius 2 is 1.57 bits per heavy atom. The number of benzene rings is 1. The molecule has 0 fully saturated rings. The van der Waals surface area contributed by atoms with Crippen LogP contribution in [0.4, 0.5) is 0 Å². The van der Waals surface area contributed by atoms with E-state index in [1.807, 2.05) is 0 Å². The summed E-state index contributed by atoms with van der Waals surface area (Å²) in [5, 5.41) is 18.5.